The Morgan fingerprint density at radius 1 is 1.35 bits per heavy atom. The standard InChI is InChI=1S/C15H18ClN3O3.ClH/c16-14-8-12(19(21)22)2-1-10(14)7-15(20)18-11-3-4-13(18)9-17-6-5-11;/h1-2,8,11,13,17H,3-7,9H2;1H. The Bertz CT molecular complexity index is 598. The summed E-state index contributed by atoms with van der Waals surface area (Å²) in [5.74, 6) is 0.0620. The molecule has 2 aliphatic rings. The van der Waals surface area contributed by atoms with Crippen LogP contribution in [0.1, 0.15) is 24.8 Å². The molecule has 0 spiro atoms. The van der Waals surface area contributed by atoms with Crippen molar-refractivity contribution in [1.29, 1.82) is 0 Å². The second-order valence-corrected chi connectivity index (χ2v) is 6.30. The third-order valence-electron chi connectivity index (χ3n) is 4.53. The lowest BCUT2D eigenvalue weighted by Gasteiger charge is -2.28. The molecule has 2 heterocycles. The van der Waals surface area contributed by atoms with Gasteiger partial charge in [-0.3, -0.25) is 14.9 Å². The number of benzene rings is 1. The highest BCUT2D eigenvalue weighted by Gasteiger charge is 2.37. The molecule has 126 valence electrons. The summed E-state index contributed by atoms with van der Waals surface area (Å²) in [5.41, 5.74) is 0.592. The van der Waals surface area contributed by atoms with E-state index >= 15 is 0 Å². The SMILES string of the molecule is Cl.O=C(Cc1ccc([N+](=O)[O-])cc1Cl)N1C2CCNCC1CC2. The maximum absolute atomic E-state index is 12.7. The number of hydrogen-bond donors (Lipinski definition) is 1. The lowest BCUT2D eigenvalue weighted by Crippen LogP contribution is -2.43. The van der Waals surface area contributed by atoms with Crippen molar-refractivity contribution in [2.75, 3.05) is 13.1 Å². The van der Waals surface area contributed by atoms with E-state index in [2.05, 4.69) is 5.32 Å². The monoisotopic (exact) mass is 359 g/mol. The fraction of sp³-hybridized carbons (Fsp3) is 0.533. The molecule has 2 saturated heterocycles. The predicted molar refractivity (Wildman–Crippen MR) is 90.2 cm³/mol. The van der Waals surface area contributed by atoms with Gasteiger partial charge in [0.05, 0.1) is 16.4 Å². The zero-order chi connectivity index (χ0) is 15.7. The molecule has 2 unspecified atom stereocenters. The number of carbonyl (C=O) groups is 1. The van der Waals surface area contributed by atoms with Crippen molar-refractivity contribution < 1.29 is 9.72 Å². The van der Waals surface area contributed by atoms with Crippen LogP contribution in [0.25, 0.3) is 0 Å². The minimum Gasteiger partial charge on any atom is -0.335 e. The Hall–Kier alpha value is -1.37. The van der Waals surface area contributed by atoms with Crippen LogP contribution in [0.15, 0.2) is 18.2 Å². The van der Waals surface area contributed by atoms with Gasteiger partial charge >= 0.3 is 0 Å². The van der Waals surface area contributed by atoms with Crippen molar-refractivity contribution in [3.8, 4) is 0 Å². The Balaban J connectivity index is 0.00000192. The van der Waals surface area contributed by atoms with E-state index in [0.29, 0.717) is 11.6 Å². The molecule has 0 saturated carbocycles. The average Bonchev–Trinajstić information content (AvgIpc) is 2.74. The van der Waals surface area contributed by atoms with Gasteiger partial charge in [0.2, 0.25) is 5.91 Å². The summed E-state index contributed by atoms with van der Waals surface area (Å²) in [6.07, 6.45) is 3.28. The van der Waals surface area contributed by atoms with Gasteiger partial charge in [0.1, 0.15) is 0 Å². The van der Waals surface area contributed by atoms with Crippen molar-refractivity contribution >= 4 is 35.6 Å². The average molecular weight is 360 g/mol. The number of rotatable bonds is 3. The van der Waals surface area contributed by atoms with Crippen LogP contribution in [0.5, 0.6) is 0 Å². The normalized spacial score (nSPS) is 23.1. The number of nitro groups is 1. The largest absolute Gasteiger partial charge is 0.335 e. The summed E-state index contributed by atoms with van der Waals surface area (Å²) in [6.45, 7) is 1.79. The Labute approximate surface area is 145 Å². The number of fused-ring (bicyclic) bond motifs is 2. The Morgan fingerprint density at radius 3 is 2.78 bits per heavy atom. The van der Waals surface area contributed by atoms with E-state index in [4.69, 9.17) is 11.6 Å². The molecule has 2 bridgehead atoms. The second-order valence-electron chi connectivity index (χ2n) is 5.89. The summed E-state index contributed by atoms with van der Waals surface area (Å²) in [6, 6.07) is 4.85. The first-order chi connectivity index (χ1) is 10.6. The molecule has 1 aromatic rings. The van der Waals surface area contributed by atoms with Crippen molar-refractivity contribution in [3.63, 3.8) is 0 Å². The molecule has 0 aromatic heterocycles. The summed E-state index contributed by atoms with van der Waals surface area (Å²) in [4.78, 5) is 24.9. The quantitative estimate of drug-likeness (QED) is 0.664. The van der Waals surface area contributed by atoms with Crippen molar-refractivity contribution in [1.82, 2.24) is 10.2 Å². The second kappa shape index (κ2) is 7.47. The number of non-ortho nitro benzene ring substituents is 1. The summed E-state index contributed by atoms with van der Waals surface area (Å²) < 4.78 is 0. The molecule has 2 fully saturated rings. The topological polar surface area (TPSA) is 75.5 Å². The number of amides is 1. The summed E-state index contributed by atoms with van der Waals surface area (Å²) in [5, 5.41) is 14.4. The number of carbonyl (C=O) groups excluding carboxylic acids is 1. The minimum atomic E-state index is -0.488. The fourth-order valence-electron chi connectivity index (χ4n) is 3.44. The third kappa shape index (κ3) is 3.76. The third-order valence-corrected chi connectivity index (χ3v) is 4.88. The van der Waals surface area contributed by atoms with Gasteiger partial charge in [-0.2, -0.15) is 0 Å². The molecule has 23 heavy (non-hydrogen) atoms. The van der Waals surface area contributed by atoms with Crippen molar-refractivity contribution in [2.45, 2.75) is 37.8 Å². The van der Waals surface area contributed by atoms with E-state index in [9.17, 15) is 14.9 Å². The molecule has 8 heteroatoms. The highest BCUT2D eigenvalue weighted by atomic mass is 35.5. The number of nitrogens with zero attached hydrogens (tertiary/aromatic N) is 2. The highest BCUT2D eigenvalue weighted by molar-refractivity contribution is 6.31. The lowest BCUT2D eigenvalue weighted by atomic mass is 10.1. The van der Waals surface area contributed by atoms with Gasteiger partial charge in [0.25, 0.3) is 5.69 Å². The van der Waals surface area contributed by atoms with Crippen LogP contribution >= 0.6 is 24.0 Å². The van der Waals surface area contributed by atoms with Gasteiger partial charge in [-0.15, -0.1) is 12.4 Å². The maximum atomic E-state index is 12.7. The van der Waals surface area contributed by atoms with Gasteiger partial charge in [-0.05, 0) is 31.4 Å². The number of nitrogens with one attached hydrogen (secondary N) is 1. The van der Waals surface area contributed by atoms with E-state index < -0.39 is 4.92 Å². The minimum absolute atomic E-state index is 0. The van der Waals surface area contributed by atoms with Crippen LogP contribution in [0.4, 0.5) is 5.69 Å². The van der Waals surface area contributed by atoms with E-state index in [1.165, 1.54) is 12.1 Å². The molecule has 2 aliphatic heterocycles. The number of hydrogen-bond acceptors (Lipinski definition) is 4. The van der Waals surface area contributed by atoms with Crippen LogP contribution in [0.2, 0.25) is 5.02 Å². The Kier molecular flexibility index (Phi) is 5.84. The van der Waals surface area contributed by atoms with Crippen molar-refractivity contribution in [3.05, 3.63) is 38.9 Å². The molecule has 1 aromatic carbocycles. The van der Waals surface area contributed by atoms with E-state index in [0.717, 1.165) is 32.4 Å². The first-order valence-corrected chi connectivity index (χ1v) is 7.89. The Morgan fingerprint density at radius 2 is 2.09 bits per heavy atom. The molecule has 2 atom stereocenters. The molecular weight excluding hydrogens is 341 g/mol. The van der Waals surface area contributed by atoms with Crippen LogP contribution in [0.3, 0.4) is 0 Å². The smallest absolute Gasteiger partial charge is 0.270 e. The summed E-state index contributed by atoms with van der Waals surface area (Å²) >= 11 is 6.09. The van der Waals surface area contributed by atoms with Gasteiger partial charge in [0, 0.05) is 30.8 Å². The first kappa shape index (κ1) is 18.0. The zero-order valence-electron chi connectivity index (χ0n) is 12.5. The van der Waals surface area contributed by atoms with Crippen LogP contribution in [-0.4, -0.2) is 40.9 Å². The molecule has 6 nitrogen and oxygen atoms in total. The molecule has 3 rings (SSSR count). The van der Waals surface area contributed by atoms with Gasteiger partial charge in [-0.1, -0.05) is 17.7 Å². The predicted octanol–water partition coefficient (Wildman–Crippen LogP) is 2.57. The van der Waals surface area contributed by atoms with Crippen LogP contribution in [0, 0.1) is 10.1 Å². The fourth-order valence-corrected chi connectivity index (χ4v) is 3.68. The summed E-state index contributed by atoms with van der Waals surface area (Å²) in [7, 11) is 0. The first-order valence-electron chi connectivity index (χ1n) is 7.51. The number of nitro benzene ring substituents is 1. The van der Waals surface area contributed by atoms with Crippen LogP contribution < -0.4 is 5.32 Å². The molecule has 1 amide bonds. The maximum Gasteiger partial charge on any atom is 0.270 e. The molecular formula is C15H19Cl2N3O3. The molecule has 0 radical (unpaired) electrons. The number of halogens is 2. The van der Waals surface area contributed by atoms with Gasteiger partial charge in [0.15, 0.2) is 0 Å². The highest BCUT2D eigenvalue weighted by Crippen LogP contribution is 2.30. The molecule has 0 aliphatic carbocycles. The van der Waals surface area contributed by atoms with Crippen LogP contribution in [-0.2, 0) is 11.2 Å². The van der Waals surface area contributed by atoms with E-state index in [1.54, 1.807) is 6.07 Å². The van der Waals surface area contributed by atoms with Gasteiger partial charge in [-0.25, -0.2) is 0 Å². The van der Waals surface area contributed by atoms with E-state index in [1.807, 2.05) is 4.90 Å². The lowest BCUT2D eigenvalue weighted by molar-refractivity contribution is -0.384. The molecule has 1 N–H and O–H groups in total. The van der Waals surface area contributed by atoms with Crippen molar-refractivity contribution in [2.24, 2.45) is 0 Å². The zero-order valence-corrected chi connectivity index (χ0v) is 14.1. The van der Waals surface area contributed by atoms with Gasteiger partial charge < -0.3 is 10.2 Å². The van der Waals surface area contributed by atoms with E-state index in [-0.39, 0.29) is 41.5 Å².